The lowest BCUT2D eigenvalue weighted by Crippen LogP contribution is -2.39. The number of nitrogens with one attached hydrogen (secondary N) is 1. The van der Waals surface area contributed by atoms with Crippen LogP contribution in [0.25, 0.3) is 0 Å². The lowest BCUT2D eigenvalue weighted by atomic mass is 10.1. The Balaban J connectivity index is 2.79. The van der Waals surface area contributed by atoms with Gasteiger partial charge in [-0.15, -0.1) is 0 Å². The van der Waals surface area contributed by atoms with Gasteiger partial charge < -0.3 is 5.32 Å². The van der Waals surface area contributed by atoms with E-state index in [1.165, 1.54) is 12.1 Å². The van der Waals surface area contributed by atoms with Crippen LogP contribution in [0.5, 0.6) is 0 Å². The Morgan fingerprint density at radius 2 is 2.18 bits per heavy atom. The second kappa shape index (κ2) is 6.36. The van der Waals surface area contributed by atoms with Gasteiger partial charge in [0.25, 0.3) is 5.91 Å². The van der Waals surface area contributed by atoms with E-state index in [4.69, 9.17) is 11.6 Å². The molecule has 0 heterocycles. The molecule has 0 radical (unpaired) electrons. The molecule has 0 aliphatic carbocycles. The molecular formula is C12H14BrClFNO. The van der Waals surface area contributed by atoms with E-state index < -0.39 is 5.82 Å². The summed E-state index contributed by atoms with van der Waals surface area (Å²) >= 11 is 8.89. The van der Waals surface area contributed by atoms with Gasteiger partial charge in [-0.1, -0.05) is 41.4 Å². The molecular weight excluding hydrogens is 308 g/mol. The van der Waals surface area contributed by atoms with Crippen molar-refractivity contribution in [3.05, 3.63) is 34.6 Å². The maximum absolute atomic E-state index is 13.2. The van der Waals surface area contributed by atoms with Gasteiger partial charge in [0.05, 0.1) is 5.02 Å². The fraction of sp³-hybridized carbons (Fsp3) is 0.417. The van der Waals surface area contributed by atoms with E-state index in [2.05, 4.69) is 21.2 Å². The van der Waals surface area contributed by atoms with E-state index in [0.717, 1.165) is 6.07 Å². The molecule has 1 atom stereocenters. The van der Waals surface area contributed by atoms with Crippen LogP contribution in [0, 0.1) is 11.7 Å². The van der Waals surface area contributed by atoms with Crippen LogP contribution in [0.1, 0.15) is 24.2 Å². The molecule has 0 fully saturated rings. The summed E-state index contributed by atoms with van der Waals surface area (Å²) in [6.45, 7) is 4.02. The Labute approximate surface area is 114 Å². The standard InChI is InChI=1S/C12H14BrClFNO/c1-7(2)11(6-13)16-12(17)8-3-4-9(14)10(15)5-8/h3-5,7,11H,6H2,1-2H3,(H,16,17). The Morgan fingerprint density at radius 3 is 2.65 bits per heavy atom. The van der Waals surface area contributed by atoms with Gasteiger partial charge in [0, 0.05) is 16.9 Å². The van der Waals surface area contributed by atoms with Crippen LogP contribution in [-0.2, 0) is 0 Å². The SMILES string of the molecule is CC(C)C(CBr)NC(=O)c1ccc(Cl)c(F)c1. The third kappa shape index (κ3) is 3.96. The predicted molar refractivity (Wildman–Crippen MR) is 71.3 cm³/mol. The number of hydrogen-bond donors (Lipinski definition) is 1. The maximum Gasteiger partial charge on any atom is 0.251 e. The first-order valence-corrected chi connectivity index (χ1v) is 6.77. The maximum atomic E-state index is 13.2. The summed E-state index contributed by atoms with van der Waals surface area (Å²) in [4.78, 5) is 11.8. The minimum absolute atomic E-state index is 0.0150. The van der Waals surface area contributed by atoms with Gasteiger partial charge in [-0.3, -0.25) is 4.79 Å². The molecule has 94 valence electrons. The van der Waals surface area contributed by atoms with E-state index in [-0.39, 0.29) is 22.5 Å². The Bertz CT molecular complexity index is 411. The third-order valence-corrected chi connectivity index (χ3v) is 3.47. The van der Waals surface area contributed by atoms with Crippen LogP contribution in [-0.4, -0.2) is 17.3 Å². The van der Waals surface area contributed by atoms with Gasteiger partial charge in [0.1, 0.15) is 5.82 Å². The normalized spacial score (nSPS) is 12.6. The molecule has 0 saturated carbocycles. The number of halogens is 3. The summed E-state index contributed by atoms with van der Waals surface area (Å²) in [6.07, 6.45) is 0. The zero-order valence-electron chi connectivity index (χ0n) is 9.64. The number of amides is 1. The summed E-state index contributed by atoms with van der Waals surface area (Å²) in [5.41, 5.74) is 0.276. The van der Waals surface area contributed by atoms with Crippen LogP contribution >= 0.6 is 27.5 Å². The first-order valence-electron chi connectivity index (χ1n) is 5.27. The van der Waals surface area contributed by atoms with Gasteiger partial charge in [-0.2, -0.15) is 0 Å². The fourth-order valence-corrected chi connectivity index (χ4v) is 2.30. The Morgan fingerprint density at radius 1 is 1.53 bits per heavy atom. The summed E-state index contributed by atoms with van der Waals surface area (Å²) in [5, 5.41) is 3.51. The lowest BCUT2D eigenvalue weighted by Gasteiger charge is -2.19. The average molecular weight is 323 g/mol. The number of carbonyl (C=O) groups excluding carboxylic acids is 1. The summed E-state index contributed by atoms with van der Waals surface area (Å²) in [7, 11) is 0. The van der Waals surface area contributed by atoms with Crippen molar-refractivity contribution >= 4 is 33.4 Å². The van der Waals surface area contributed by atoms with Crippen molar-refractivity contribution in [2.24, 2.45) is 5.92 Å². The van der Waals surface area contributed by atoms with Crippen molar-refractivity contribution < 1.29 is 9.18 Å². The molecule has 0 aliphatic rings. The van der Waals surface area contributed by atoms with Crippen molar-refractivity contribution in [1.82, 2.24) is 5.32 Å². The summed E-state index contributed by atoms with van der Waals surface area (Å²) in [6, 6.07) is 4.04. The predicted octanol–water partition coefficient (Wildman–Crippen LogP) is 3.63. The van der Waals surface area contributed by atoms with E-state index in [0.29, 0.717) is 11.2 Å². The van der Waals surface area contributed by atoms with Crippen molar-refractivity contribution in [2.45, 2.75) is 19.9 Å². The molecule has 1 aromatic rings. The molecule has 2 nitrogen and oxygen atoms in total. The molecule has 0 saturated heterocycles. The zero-order chi connectivity index (χ0) is 13.0. The fourth-order valence-electron chi connectivity index (χ4n) is 1.27. The summed E-state index contributed by atoms with van der Waals surface area (Å²) < 4.78 is 13.2. The minimum Gasteiger partial charge on any atom is -0.348 e. The molecule has 0 bridgehead atoms. The van der Waals surface area contributed by atoms with Gasteiger partial charge in [-0.05, 0) is 24.1 Å². The monoisotopic (exact) mass is 321 g/mol. The molecule has 0 aromatic heterocycles. The van der Waals surface area contributed by atoms with E-state index in [1.54, 1.807) is 0 Å². The van der Waals surface area contributed by atoms with Gasteiger partial charge >= 0.3 is 0 Å². The molecule has 1 aromatic carbocycles. The van der Waals surface area contributed by atoms with E-state index in [1.807, 2.05) is 13.8 Å². The number of benzene rings is 1. The number of rotatable bonds is 4. The van der Waals surface area contributed by atoms with Crippen molar-refractivity contribution in [2.75, 3.05) is 5.33 Å². The molecule has 5 heteroatoms. The Hall–Kier alpha value is -0.610. The van der Waals surface area contributed by atoms with Crippen molar-refractivity contribution in [1.29, 1.82) is 0 Å². The summed E-state index contributed by atoms with van der Waals surface area (Å²) in [5.74, 6) is -0.576. The van der Waals surface area contributed by atoms with Gasteiger partial charge in [-0.25, -0.2) is 4.39 Å². The molecule has 17 heavy (non-hydrogen) atoms. The zero-order valence-corrected chi connectivity index (χ0v) is 12.0. The van der Waals surface area contributed by atoms with Crippen molar-refractivity contribution in [3.8, 4) is 0 Å². The molecule has 0 spiro atoms. The number of alkyl halides is 1. The molecule has 0 aliphatic heterocycles. The highest BCUT2D eigenvalue weighted by molar-refractivity contribution is 9.09. The van der Waals surface area contributed by atoms with E-state index >= 15 is 0 Å². The Kier molecular flexibility index (Phi) is 5.40. The van der Waals surface area contributed by atoms with E-state index in [9.17, 15) is 9.18 Å². The molecule has 1 amide bonds. The lowest BCUT2D eigenvalue weighted by molar-refractivity contribution is 0.0931. The highest BCUT2D eigenvalue weighted by Gasteiger charge is 2.16. The first kappa shape index (κ1) is 14.5. The van der Waals surface area contributed by atoms with Crippen molar-refractivity contribution in [3.63, 3.8) is 0 Å². The van der Waals surface area contributed by atoms with Gasteiger partial charge in [0.15, 0.2) is 0 Å². The topological polar surface area (TPSA) is 29.1 Å². The first-order chi connectivity index (χ1) is 7.95. The smallest absolute Gasteiger partial charge is 0.251 e. The third-order valence-electron chi connectivity index (χ3n) is 2.47. The molecule has 1 N–H and O–H groups in total. The van der Waals surface area contributed by atoms with Gasteiger partial charge in [0.2, 0.25) is 0 Å². The van der Waals surface area contributed by atoms with Crippen LogP contribution < -0.4 is 5.32 Å². The number of hydrogen-bond acceptors (Lipinski definition) is 1. The minimum atomic E-state index is -0.584. The molecule has 1 rings (SSSR count). The highest BCUT2D eigenvalue weighted by Crippen LogP contribution is 2.16. The number of carbonyl (C=O) groups is 1. The second-order valence-electron chi connectivity index (χ2n) is 4.11. The van der Waals surface area contributed by atoms with Crippen LogP contribution in [0.15, 0.2) is 18.2 Å². The largest absolute Gasteiger partial charge is 0.348 e. The van der Waals surface area contributed by atoms with Crippen LogP contribution in [0.4, 0.5) is 4.39 Å². The molecule has 1 unspecified atom stereocenters. The average Bonchev–Trinajstić information content (AvgIpc) is 2.28. The highest BCUT2D eigenvalue weighted by atomic mass is 79.9. The second-order valence-corrected chi connectivity index (χ2v) is 5.16. The quantitative estimate of drug-likeness (QED) is 0.843. The van der Waals surface area contributed by atoms with Crippen LogP contribution in [0.3, 0.4) is 0 Å². The van der Waals surface area contributed by atoms with Crippen LogP contribution in [0.2, 0.25) is 5.02 Å².